The number of phenols is 1. The Hall–Kier alpha value is -5.46. The van der Waals surface area contributed by atoms with Gasteiger partial charge in [0.05, 0.1) is 19.4 Å². The van der Waals surface area contributed by atoms with Gasteiger partial charge in [0.25, 0.3) is 5.91 Å². The molecule has 0 aliphatic carbocycles. The number of halogens is 1. The zero-order chi connectivity index (χ0) is 43.1. The summed E-state index contributed by atoms with van der Waals surface area (Å²) in [6, 6.07) is 21.7. The number of amides is 1. The number of nitrogens with two attached hydrogens (primary N) is 1. The van der Waals surface area contributed by atoms with Gasteiger partial charge in [-0.1, -0.05) is 31.2 Å². The highest BCUT2D eigenvalue weighted by Gasteiger charge is 2.39. The van der Waals surface area contributed by atoms with Crippen LogP contribution in [0.2, 0.25) is 0 Å². The SMILES string of the molecule is [2H]C1C=CN(c2ccc3c(c2)c(CC)cn3C2CCN(CC3(F)CCN(C(=O)c4ccc(C5CCCN(c6cc(-c7ccccc7O)nnc6N)C5)c(C)c4)CC3)CC2)[C@H]([2H])N1. The monoisotopic (exact) mass is 813 g/mol. The standard InChI is InChI=1S/C48H58FN9O2/c1-3-34-30-58(43-14-12-38(27-41(34)43)57-21-7-19-51-32-57)37-15-22-54(23-16-37)31-48(49)17-24-55(25-18-48)47(60)35-11-13-39(33(2)26-35)36-8-6-20-56(29-36)44-28-42(52-53-46(44)50)40-9-4-5-10-45(40)59/h4-5,7,9-14,21,26-28,30,36-37,51,59H,3,6,8,15-20,22-25,29,31-32H2,1-2H3,(H2,50,53)/i19D,32D/t19?,32-,36?/m1/s1. The summed E-state index contributed by atoms with van der Waals surface area (Å²) >= 11 is 0. The number of carbonyl (C=O) groups excluding carboxylic acids is 1. The first kappa shape index (κ1) is 37.5. The van der Waals surface area contributed by atoms with Crippen molar-refractivity contribution in [3.05, 3.63) is 107 Å². The van der Waals surface area contributed by atoms with E-state index in [2.05, 4.69) is 74.2 Å². The number of para-hydroxylation sites is 1. The Morgan fingerprint density at radius 3 is 2.60 bits per heavy atom. The van der Waals surface area contributed by atoms with Crippen molar-refractivity contribution in [2.45, 2.75) is 76.4 Å². The molecule has 0 saturated carbocycles. The molecule has 0 radical (unpaired) electrons. The molecule has 5 aromatic rings. The first-order chi connectivity index (χ1) is 30.0. The number of fused-ring (bicyclic) bond motifs is 1. The zero-order valence-corrected chi connectivity index (χ0v) is 34.7. The van der Waals surface area contributed by atoms with Crippen LogP contribution in [0.15, 0.2) is 85.2 Å². The number of hydrogen-bond acceptors (Lipinski definition) is 9. The Labute approximate surface area is 355 Å². The molecule has 4 aliphatic heterocycles. The molecule has 1 amide bonds. The lowest BCUT2D eigenvalue weighted by Gasteiger charge is -2.41. The Balaban J connectivity index is 0.787. The summed E-state index contributed by atoms with van der Waals surface area (Å²) in [5.74, 6) is 0.696. The predicted molar refractivity (Wildman–Crippen MR) is 238 cm³/mol. The first-order valence-corrected chi connectivity index (χ1v) is 21.6. The van der Waals surface area contributed by atoms with Gasteiger partial charge in [0.2, 0.25) is 0 Å². The minimum absolute atomic E-state index is 0.0392. The predicted octanol–water partition coefficient (Wildman–Crippen LogP) is 7.80. The minimum atomic E-state index is -1.33. The summed E-state index contributed by atoms with van der Waals surface area (Å²) in [6.07, 6.45) is 11.3. The van der Waals surface area contributed by atoms with Crippen LogP contribution in [0.5, 0.6) is 5.75 Å². The van der Waals surface area contributed by atoms with E-state index in [-0.39, 0.29) is 17.6 Å². The van der Waals surface area contributed by atoms with E-state index in [0.717, 1.165) is 75.2 Å². The zero-order valence-electron chi connectivity index (χ0n) is 36.7. The Morgan fingerprint density at radius 2 is 1.83 bits per heavy atom. The third-order valence-electron chi connectivity index (χ3n) is 13.3. The second-order valence-electron chi connectivity index (χ2n) is 17.2. The number of nitrogens with one attached hydrogen (secondary N) is 1. The number of anilines is 3. The van der Waals surface area contributed by atoms with Gasteiger partial charge >= 0.3 is 0 Å². The van der Waals surface area contributed by atoms with Gasteiger partial charge in [-0.25, -0.2) is 4.39 Å². The molecule has 3 saturated heterocycles. The number of rotatable bonds is 9. The summed E-state index contributed by atoms with van der Waals surface area (Å²) < 4.78 is 35.2. The molecule has 3 aromatic carbocycles. The Kier molecular flexibility index (Phi) is 10.6. The van der Waals surface area contributed by atoms with Gasteiger partial charge in [0, 0.05) is 119 Å². The van der Waals surface area contributed by atoms with E-state index in [9.17, 15) is 9.90 Å². The van der Waals surface area contributed by atoms with E-state index < -0.39 is 18.8 Å². The second kappa shape index (κ2) is 16.9. The number of carbonyl (C=O) groups is 1. The molecule has 2 aromatic heterocycles. The number of piperidine rings is 3. The third-order valence-corrected chi connectivity index (χ3v) is 13.3. The molecule has 3 atom stereocenters. The number of alkyl halides is 1. The quantitative estimate of drug-likeness (QED) is 0.137. The van der Waals surface area contributed by atoms with E-state index in [1.54, 1.807) is 18.2 Å². The number of benzene rings is 3. The number of hydrogen-bond donors (Lipinski definition) is 3. The van der Waals surface area contributed by atoms with E-state index in [1.165, 1.54) is 22.0 Å². The summed E-state index contributed by atoms with van der Waals surface area (Å²) in [5, 5.41) is 23.1. The lowest BCUT2D eigenvalue weighted by molar-refractivity contribution is 0.0158. The second-order valence-corrected chi connectivity index (χ2v) is 17.2. The van der Waals surface area contributed by atoms with Crippen LogP contribution in [0.3, 0.4) is 0 Å². The summed E-state index contributed by atoms with van der Waals surface area (Å²) in [4.78, 5) is 22.0. The van der Waals surface area contributed by atoms with Crippen LogP contribution in [0.1, 0.15) is 87.2 Å². The smallest absolute Gasteiger partial charge is 0.253 e. The highest BCUT2D eigenvalue weighted by Crippen LogP contribution is 2.38. The number of nitrogens with zero attached hydrogens (tertiary/aromatic N) is 7. The molecule has 0 bridgehead atoms. The highest BCUT2D eigenvalue weighted by molar-refractivity contribution is 5.94. The average molecular weight is 814 g/mol. The van der Waals surface area contributed by atoms with E-state index in [1.807, 2.05) is 46.3 Å². The largest absolute Gasteiger partial charge is 0.507 e. The maximum Gasteiger partial charge on any atom is 0.253 e. The number of likely N-dealkylation sites (tertiary alicyclic amines) is 2. The third kappa shape index (κ3) is 8.07. The van der Waals surface area contributed by atoms with Crippen LogP contribution in [-0.2, 0) is 6.42 Å². The normalized spacial score (nSPS) is 23.2. The van der Waals surface area contributed by atoms with Gasteiger partial charge in [-0.3, -0.25) is 10.1 Å². The van der Waals surface area contributed by atoms with E-state index in [0.29, 0.717) is 61.2 Å². The lowest BCUT2D eigenvalue weighted by Crippen LogP contribution is -2.51. The fourth-order valence-electron chi connectivity index (χ4n) is 9.97. The number of aromatic nitrogens is 3. The molecule has 11 nitrogen and oxygen atoms in total. The minimum Gasteiger partial charge on any atom is -0.507 e. The fraction of sp³-hybridized carbons (Fsp3) is 0.438. The van der Waals surface area contributed by atoms with E-state index >= 15 is 4.39 Å². The van der Waals surface area contributed by atoms with Crippen molar-refractivity contribution < 1.29 is 17.0 Å². The van der Waals surface area contributed by atoms with Crippen LogP contribution in [-0.4, -0.2) is 100 Å². The summed E-state index contributed by atoms with van der Waals surface area (Å²) in [7, 11) is 0. The summed E-state index contributed by atoms with van der Waals surface area (Å²) in [6.45, 7) is 7.39. The van der Waals surface area contributed by atoms with Gasteiger partial charge in [0.15, 0.2) is 5.82 Å². The maximum atomic E-state index is 16.5. The fourth-order valence-corrected chi connectivity index (χ4v) is 9.97. The molecule has 6 heterocycles. The molecule has 60 heavy (non-hydrogen) atoms. The van der Waals surface area contributed by atoms with Crippen LogP contribution in [0.4, 0.5) is 21.6 Å². The van der Waals surface area contributed by atoms with Crippen LogP contribution >= 0.6 is 0 Å². The van der Waals surface area contributed by atoms with Crippen molar-refractivity contribution in [1.29, 1.82) is 0 Å². The molecule has 4 aliphatic rings. The van der Waals surface area contributed by atoms with Crippen LogP contribution < -0.4 is 20.9 Å². The molecule has 12 heteroatoms. The molecular formula is C48H58FN9O2. The van der Waals surface area contributed by atoms with Crippen molar-refractivity contribution in [2.75, 3.05) is 74.5 Å². The number of nitrogen functional groups attached to an aromatic ring is 1. The number of aryl methyl sites for hydroxylation is 2. The molecule has 4 N–H and O–H groups in total. The van der Waals surface area contributed by atoms with Crippen LogP contribution in [0, 0.1) is 6.92 Å². The molecule has 3 fully saturated rings. The average Bonchev–Trinajstić information content (AvgIpc) is 3.65. The van der Waals surface area contributed by atoms with Gasteiger partial charge in [-0.2, -0.15) is 0 Å². The number of aromatic hydroxyl groups is 1. The van der Waals surface area contributed by atoms with Gasteiger partial charge in [-0.05, 0) is 104 Å². The van der Waals surface area contributed by atoms with Gasteiger partial charge in [-0.15, -0.1) is 10.2 Å². The topological polar surface area (TPSA) is 119 Å². The van der Waals surface area contributed by atoms with E-state index in [4.69, 9.17) is 8.48 Å². The molecule has 0 spiro atoms. The first-order valence-electron chi connectivity index (χ1n) is 22.8. The van der Waals surface area contributed by atoms with Crippen molar-refractivity contribution in [3.8, 4) is 17.0 Å². The van der Waals surface area contributed by atoms with Gasteiger partial charge in [0.1, 0.15) is 11.4 Å². The molecule has 9 rings (SSSR count). The van der Waals surface area contributed by atoms with Crippen LogP contribution in [0.25, 0.3) is 22.2 Å². The molecule has 2 unspecified atom stereocenters. The van der Waals surface area contributed by atoms with Gasteiger partial charge < -0.3 is 35.0 Å². The lowest BCUT2D eigenvalue weighted by atomic mass is 9.86. The Bertz CT molecular complexity index is 2460. The highest BCUT2D eigenvalue weighted by atomic mass is 19.1. The molecular weight excluding hydrogens is 754 g/mol. The van der Waals surface area contributed by atoms with Crippen molar-refractivity contribution in [2.24, 2.45) is 0 Å². The van der Waals surface area contributed by atoms with Crippen molar-refractivity contribution in [3.63, 3.8) is 0 Å². The summed E-state index contributed by atoms with van der Waals surface area (Å²) in [5.41, 5.74) is 13.3. The maximum absolute atomic E-state index is 16.5. The van der Waals surface area contributed by atoms with Crippen molar-refractivity contribution >= 4 is 34.0 Å². The Morgan fingerprint density at radius 1 is 1.02 bits per heavy atom. The number of phenolic OH excluding ortho intramolecular Hbond substituents is 1. The van der Waals surface area contributed by atoms with Crippen molar-refractivity contribution in [1.82, 2.24) is 29.9 Å². The molecule has 314 valence electrons.